The molecule has 0 unspecified atom stereocenters. The molecule has 1 heterocycles. The average molecular weight is 289 g/mol. The molecule has 0 radical (unpaired) electrons. The molecule has 0 saturated heterocycles. The lowest BCUT2D eigenvalue weighted by Crippen LogP contribution is -1.98. The molecular weight excluding hydrogens is 270 g/mol. The Morgan fingerprint density at radius 3 is 2.19 bits per heavy atom. The van der Waals surface area contributed by atoms with Gasteiger partial charge in [-0.1, -0.05) is 45.0 Å². The van der Waals surface area contributed by atoms with Crippen LogP contribution >= 0.6 is 0 Å². The van der Waals surface area contributed by atoms with E-state index < -0.39 is 5.97 Å². The molecule has 112 valence electrons. The summed E-state index contributed by atoms with van der Waals surface area (Å²) in [6.45, 7) is 7.98. The summed E-state index contributed by atoms with van der Waals surface area (Å²) in [5.74, 6) is -0.970. The van der Waals surface area contributed by atoms with Crippen molar-refractivity contribution in [1.29, 1.82) is 0 Å². The van der Waals surface area contributed by atoms with Gasteiger partial charge in [-0.2, -0.15) is 0 Å². The molecule has 0 aliphatic rings. The summed E-state index contributed by atoms with van der Waals surface area (Å²) in [7, 11) is 0. The van der Waals surface area contributed by atoms with Gasteiger partial charge in [-0.05, 0) is 23.0 Å². The van der Waals surface area contributed by atoms with Crippen LogP contribution < -0.4 is 0 Å². The summed E-state index contributed by atoms with van der Waals surface area (Å²) in [5, 5.41) is 23.3. The van der Waals surface area contributed by atoms with Crippen molar-refractivity contribution in [3.05, 3.63) is 35.1 Å². The third-order valence-electron chi connectivity index (χ3n) is 3.46. The van der Waals surface area contributed by atoms with Crippen LogP contribution in [0.15, 0.2) is 22.7 Å². The molecule has 1 aromatic heterocycles. The van der Waals surface area contributed by atoms with Crippen LogP contribution in [0.25, 0.3) is 11.3 Å². The van der Waals surface area contributed by atoms with E-state index >= 15 is 0 Å². The molecule has 2 aromatic rings. The van der Waals surface area contributed by atoms with Crippen LogP contribution in [0.1, 0.15) is 61.2 Å². The van der Waals surface area contributed by atoms with Gasteiger partial charge in [0.1, 0.15) is 11.4 Å². The van der Waals surface area contributed by atoms with Crippen LogP contribution in [0.2, 0.25) is 0 Å². The first-order chi connectivity index (χ1) is 9.82. The van der Waals surface area contributed by atoms with E-state index in [9.17, 15) is 9.90 Å². The molecule has 0 saturated carbocycles. The molecule has 0 spiro atoms. The Balaban J connectivity index is 2.68. The lowest BCUT2D eigenvalue weighted by Gasteiger charge is -2.17. The first kappa shape index (κ1) is 15.1. The highest BCUT2D eigenvalue weighted by atomic mass is 16.5. The Bertz CT molecular complexity index is 671. The smallest absolute Gasteiger partial charge is 0.374 e. The molecule has 2 rings (SSSR count). The number of carboxylic acids is 1. The lowest BCUT2D eigenvalue weighted by molar-refractivity contribution is 0.0652. The first-order valence-electron chi connectivity index (χ1n) is 6.89. The zero-order chi connectivity index (χ0) is 15.7. The normalized spacial score (nSPS) is 11.3. The summed E-state index contributed by atoms with van der Waals surface area (Å²) in [5.41, 5.74) is 2.60. The van der Waals surface area contributed by atoms with Crippen molar-refractivity contribution in [2.24, 2.45) is 0 Å². The van der Waals surface area contributed by atoms with Gasteiger partial charge in [-0.15, -0.1) is 0 Å². The molecule has 5 heteroatoms. The molecule has 0 atom stereocenters. The van der Waals surface area contributed by atoms with Crippen LogP contribution in [0.5, 0.6) is 5.75 Å². The van der Waals surface area contributed by atoms with E-state index in [4.69, 9.17) is 9.63 Å². The Morgan fingerprint density at radius 1 is 1.14 bits per heavy atom. The minimum Gasteiger partial charge on any atom is -0.507 e. The number of phenols is 1. The molecule has 0 aliphatic carbocycles. The number of benzene rings is 1. The fourth-order valence-electron chi connectivity index (χ4n) is 2.33. The van der Waals surface area contributed by atoms with Crippen LogP contribution in [0, 0.1) is 0 Å². The quantitative estimate of drug-likeness (QED) is 0.889. The molecule has 21 heavy (non-hydrogen) atoms. The van der Waals surface area contributed by atoms with Gasteiger partial charge in [0.2, 0.25) is 5.76 Å². The Labute approximate surface area is 123 Å². The van der Waals surface area contributed by atoms with Gasteiger partial charge in [-0.3, -0.25) is 0 Å². The number of carbonyl (C=O) groups is 1. The standard InChI is InChI=1S/C16H19NO4/c1-8(2)10-5-6-11(9(3)4)15(18)14(10)12-7-13(16(19)20)21-17-12/h5-9,18H,1-4H3,(H,19,20). The van der Waals surface area contributed by atoms with Gasteiger partial charge in [-0.25, -0.2) is 4.79 Å². The van der Waals surface area contributed by atoms with Crippen molar-refractivity contribution >= 4 is 5.97 Å². The third-order valence-corrected chi connectivity index (χ3v) is 3.46. The van der Waals surface area contributed by atoms with Crippen LogP contribution in [0.4, 0.5) is 0 Å². The molecule has 5 nitrogen and oxygen atoms in total. The number of aromatic hydroxyl groups is 1. The van der Waals surface area contributed by atoms with E-state index in [1.54, 1.807) is 0 Å². The fourth-order valence-corrected chi connectivity index (χ4v) is 2.33. The number of rotatable bonds is 4. The van der Waals surface area contributed by atoms with E-state index in [0.717, 1.165) is 11.1 Å². The van der Waals surface area contributed by atoms with Gasteiger partial charge in [0.15, 0.2) is 0 Å². The van der Waals surface area contributed by atoms with Gasteiger partial charge in [0.05, 0.1) is 0 Å². The molecule has 0 aliphatic heterocycles. The predicted octanol–water partition coefficient (Wildman–Crippen LogP) is 3.99. The zero-order valence-corrected chi connectivity index (χ0v) is 12.5. The number of hydrogen-bond acceptors (Lipinski definition) is 4. The average Bonchev–Trinajstić information content (AvgIpc) is 2.86. The van der Waals surface area contributed by atoms with Crippen molar-refractivity contribution in [1.82, 2.24) is 5.16 Å². The second-order valence-electron chi connectivity index (χ2n) is 5.66. The first-order valence-corrected chi connectivity index (χ1v) is 6.89. The minimum atomic E-state index is -1.18. The largest absolute Gasteiger partial charge is 0.507 e. The molecular formula is C16H19NO4. The van der Waals surface area contributed by atoms with Gasteiger partial charge in [0, 0.05) is 11.6 Å². The second kappa shape index (κ2) is 5.60. The molecule has 2 N–H and O–H groups in total. The van der Waals surface area contributed by atoms with E-state index in [-0.39, 0.29) is 23.3 Å². The summed E-state index contributed by atoms with van der Waals surface area (Å²) in [4.78, 5) is 10.9. The monoisotopic (exact) mass is 289 g/mol. The highest BCUT2D eigenvalue weighted by molar-refractivity contribution is 5.86. The maximum atomic E-state index is 10.9. The maximum absolute atomic E-state index is 10.9. The topological polar surface area (TPSA) is 83.6 Å². The van der Waals surface area contributed by atoms with Crippen molar-refractivity contribution in [2.45, 2.75) is 39.5 Å². The van der Waals surface area contributed by atoms with Crippen molar-refractivity contribution in [3.63, 3.8) is 0 Å². The predicted molar refractivity (Wildman–Crippen MR) is 78.7 cm³/mol. The third kappa shape index (κ3) is 2.77. The summed E-state index contributed by atoms with van der Waals surface area (Å²) < 4.78 is 4.81. The number of aromatic nitrogens is 1. The number of carboxylic acid groups (broad SMARTS) is 1. The van der Waals surface area contributed by atoms with E-state index in [1.165, 1.54) is 6.07 Å². The Morgan fingerprint density at radius 2 is 1.71 bits per heavy atom. The van der Waals surface area contributed by atoms with Crippen LogP contribution in [0.3, 0.4) is 0 Å². The van der Waals surface area contributed by atoms with Crippen molar-refractivity contribution in [2.75, 3.05) is 0 Å². The maximum Gasteiger partial charge on any atom is 0.374 e. The van der Waals surface area contributed by atoms with Crippen LogP contribution in [-0.2, 0) is 0 Å². The number of aromatic carboxylic acids is 1. The highest BCUT2D eigenvalue weighted by Gasteiger charge is 2.22. The number of nitrogens with zero attached hydrogens (tertiary/aromatic N) is 1. The SMILES string of the molecule is CC(C)c1ccc(C(C)C)c(-c2cc(C(=O)O)on2)c1O. The van der Waals surface area contributed by atoms with E-state index in [2.05, 4.69) is 5.16 Å². The minimum absolute atomic E-state index is 0.140. The zero-order valence-electron chi connectivity index (χ0n) is 12.5. The molecule has 1 aromatic carbocycles. The van der Waals surface area contributed by atoms with Crippen molar-refractivity contribution < 1.29 is 19.5 Å². The highest BCUT2D eigenvalue weighted by Crippen LogP contribution is 2.40. The molecule has 0 amide bonds. The number of phenolic OH excluding ortho intramolecular Hbond substituents is 1. The van der Waals surface area contributed by atoms with Crippen molar-refractivity contribution in [3.8, 4) is 17.0 Å². The number of hydrogen-bond donors (Lipinski definition) is 2. The lowest BCUT2D eigenvalue weighted by atomic mass is 9.89. The van der Waals surface area contributed by atoms with E-state index in [1.807, 2.05) is 39.8 Å². The Hall–Kier alpha value is -2.30. The Kier molecular flexibility index (Phi) is 4.02. The summed E-state index contributed by atoms with van der Waals surface area (Å²) in [6.07, 6.45) is 0. The van der Waals surface area contributed by atoms with Gasteiger partial charge >= 0.3 is 5.97 Å². The molecule has 0 fully saturated rings. The van der Waals surface area contributed by atoms with Gasteiger partial charge < -0.3 is 14.7 Å². The summed E-state index contributed by atoms with van der Waals surface area (Å²) >= 11 is 0. The van der Waals surface area contributed by atoms with E-state index in [0.29, 0.717) is 11.3 Å². The second-order valence-corrected chi connectivity index (χ2v) is 5.66. The molecule has 0 bridgehead atoms. The van der Waals surface area contributed by atoms with Crippen LogP contribution in [-0.4, -0.2) is 21.3 Å². The summed E-state index contributed by atoms with van der Waals surface area (Å²) in [6, 6.07) is 5.19. The fraction of sp³-hybridized carbons (Fsp3) is 0.375. The van der Waals surface area contributed by atoms with Gasteiger partial charge in [0.25, 0.3) is 0 Å².